The number of hydrogen-bond acceptors (Lipinski definition) is 8. The van der Waals surface area contributed by atoms with Gasteiger partial charge in [-0.15, -0.1) is 0 Å². The lowest BCUT2D eigenvalue weighted by atomic mass is 10.00. The predicted octanol–water partition coefficient (Wildman–Crippen LogP) is 11.8. The summed E-state index contributed by atoms with van der Waals surface area (Å²) in [4.78, 5) is 39.2. The van der Waals surface area contributed by atoms with E-state index in [0.29, 0.717) is 34.7 Å². The van der Waals surface area contributed by atoms with Gasteiger partial charge in [0.1, 0.15) is 0 Å². The van der Waals surface area contributed by atoms with Gasteiger partial charge in [-0.3, -0.25) is 9.97 Å². The minimum absolute atomic E-state index is 0.535. The molecule has 0 amide bonds. The summed E-state index contributed by atoms with van der Waals surface area (Å²) < 4.78 is 0. The molecule has 0 fully saturated rings. The molecule has 0 saturated heterocycles. The van der Waals surface area contributed by atoms with E-state index < -0.39 is 0 Å². The van der Waals surface area contributed by atoms with Crippen LogP contribution in [0.2, 0.25) is 0 Å². The molecule has 0 unspecified atom stereocenters. The number of pyridine rings is 3. The van der Waals surface area contributed by atoms with Gasteiger partial charge < -0.3 is 0 Å². The predicted molar refractivity (Wildman–Crippen MR) is 238 cm³/mol. The van der Waals surface area contributed by atoms with Crippen LogP contribution in [-0.2, 0) is 0 Å². The molecule has 0 saturated carbocycles. The standard InChI is InChI=1S/C52H34N8/c1-5-15-36(16-6-1)45-33-46(57-49(56-45)38-17-7-2-8-18-38)37-26-24-35(25-27-37)42-31-47(43-23-13-14-30-53-43)55-48(32-42)44-29-28-41(34-54-44)52-59-50(39-19-9-3-10-20-39)58-51(60-52)40-21-11-4-12-22-40/h1-34H. The van der Waals surface area contributed by atoms with E-state index in [1.807, 2.05) is 140 Å². The van der Waals surface area contributed by atoms with Gasteiger partial charge in [-0.2, -0.15) is 0 Å². The average Bonchev–Trinajstić information content (AvgIpc) is 3.35. The van der Waals surface area contributed by atoms with Gasteiger partial charge >= 0.3 is 0 Å². The summed E-state index contributed by atoms with van der Waals surface area (Å²) in [5.41, 5.74) is 12.2. The molecule has 5 aromatic heterocycles. The van der Waals surface area contributed by atoms with Crippen LogP contribution >= 0.6 is 0 Å². The van der Waals surface area contributed by atoms with E-state index in [4.69, 9.17) is 34.9 Å². The fourth-order valence-electron chi connectivity index (χ4n) is 6.99. The zero-order chi connectivity index (χ0) is 40.1. The van der Waals surface area contributed by atoms with Crippen LogP contribution in [0.15, 0.2) is 207 Å². The Balaban J connectivity index is 1.01. The summed E-state index contributed by atoms with van der Waals surface area (Å²) in [5, 5.41) is 0. The van der Waals surface area contributed by atoms with E-state index in [1.54, 1.807) is 12.4 Å². The number of benzene rings is 5. The van der Waals surface area contributed by atoms with Crippen molar-refractivity contribution >= 4 is 0 Å². The molecule has 0 spiro atoms. The molecule has 0 bridgehead atoms. The molecule has 60 heavy (non-hydrogen) atoms. The lowest BCUT2D eigenvalue weighted by Crippen LogP contribution is -2.00. The van der Waals surface area contributed by atoms with Crippen molar-refractivity contribution in [2.24, 2.45) is 0 Å². The highest BCUT2D eigenvalue weighted by Gasteiger charge is 2.16. The SMILES string of the molecule is c1ccc(-c2cc(-c3ccc(-c4cc(-c5ccccn5)nc(-c5ccc(-c6nc(-c7ccccc7)nc(-c7ccccc7)n6)cn5)c4)cc3)nc(-c3ccccc3)n2)cc1. The summed E-state index contributed by atoms with van der Waals surface area (Å²) >= 11 is 0. The molecule has 0 aliphatic carbocycles. The first-order chi connectivity index (χ1) is 29.7. The molecule has 0 radical (unpaired) electrons. The van der Waals surface area contributed by atoms with Gasteiger partial charge in [0.25, 0.3) is 0 Å². The second-order valence-corrected chi connectivity index (χ2v) is 14.1. The van der Waals surface area contributed by atoms with E-state index in [1.165, 1.54) is 0 Å². The van der Waals surface area contributed by atoms with Crippen LogP contribution < -0.4 is 0 Å². The third-order valence-electron chi connectivity index (χ3n) is 10.1. The van der Waals surface area contributed by atoms with Crippen molar-refractivity contribution < 1.29 is 0 Å². The Hall–Kier alpha value is -8.36. The van der Waals surface area contributed by atoms with Gasteiger partial charge in [0, 0.05) is 45.8 Å². The van der Waals surface area contributed by atoms with Gasteiger partial charge in [0.05, 0.1) is 34.2 Å². The lowest BCUT2D eigenvalue weighted by molar-refractivity contribution is 1.07. The molecule has 0 atom stereocenters. The van der Waals surface area contributed by atoms with Crippen LogP contribution in [0.5, 0.6) is 0 Å². The van der Waals surface area contributed by atoms with Gasteiger partial charge in [-0.25, -0.2) is 29.9 Å². The lowest BCUT2D eigenvalue weighted by Gasteiger charge is -2.12. The second-order valence-electron chi connectivity index (χ2n) is 14.1. The molecule has 5 aromatic carbocycles. The Morgan fingerprint density at radius 1 is 0.217 bits per heavy atom. The fourth-order valence-corrected chi connectivity index (χ4v) is 6.99. The van der Waals surface area contributed by atoms with E-state index in [0.717, 1.165) is 67.3 Å². The highest BCUT2D eigenvalue weighted by Crippen LogP contribution is 2.33. The average molecular weight is 771 g/mol. The summed E-state index contributed by atoms with van der Waals surface area (Å²) in [6.07, 6.45) is 3.58. The number of nitrogens with zero attached hydrogens (tertiary/aromatic N) is 8. The first-order valence-corrected chi connectivity index (χ1v) is 19.6. The van der Waals surface area contributed by atoms with Crippen molar-refractivity contribution in [3.05, 3.63) is 207 Å². The van der Waals surface area contributed by atoms with Crippen molar-refractivity contribution in [2.75, 3.05) is 0 Å². The molecule has 10 aromatic rings. The van der Waals surface area contributed by atoms with Crippen LogP contribution in [0.25, 0.3) is 102 Å². The molecular formula is C52H34N8. The molecule has 8 heteroatoms. The zero-order valence-electron chi connectivity index (χ0n) is 32.2. The minimum atomic E-state index is 0.535. The Labute approximate surface area is 347 Å². The molecule has 0 aliphatic heterocycles. The normalized spacial score (nSPS) is 11.0. The Morgan fingerprint density at radius 3 is 1.12 bits per heavy atom. The van der Waals surface area contributed by atoms with E-state index in [2.05, 4.69) is 59.6 Å². The van der Waals surface area contributed by atoms with Crippen LogP contribution in [0.3, 0.4) is 0 Å². The summed E-state index contributed by atoms with van der Waals surface area (Å²) in [7, 11) is 0. The number of rotatable bonds is 9. The van der Waals surface area contributed by atoms with Gasteiger partial charge in [0.2, 0.25) is 0 Å². The molecular weight excluding hydrogens is 737 g/mol. The smallest absolute Gasteiger partial charge is 0.165 e. The molecule has 5 heterocycles. The summed E-state index contributed by atoms with van der Waals surface area (Å²) in [5.74, 6) is 2.40. The first kappa shape index (κ1) is 36.0. The van der Waals surface area contributed by atoms with Crippen LogP contribution in [-0.4, -0.2) is 39.9 Å². The molecule has 8 nitrogen and oxygen atoms in total. The van der Waals surface area contributed by atoms with E-state index in [9.17, 15) is 0 Å². The van der Waals surface area contributed by atoms with Gasteiger partial charge in [-0.1, -0.05) is 152 Å². The van der Waals surface area contributed by atoms with E-state index >= 15 is 0 Å². The van der Waals surface area contributed by atoms with E-state index in [-0.39, 0.29) is 0 Å². The Bertz CT molecular complexity index is 2730. The van der Waals surface area contributed by atoms with Crippen molar-refractivity contribution in [3.8, 4) is 102 Å². The zero-order valence-corrected chi connectivity index (χ0v) is 32.2. The van der Waals surface area contributed by atoms with Gasteiger partial charge in [0.15, 0.2) is 23.3 Å². The Morgan fingerprint density at radius 2 is 0.633 bits per heavy atom. The summed E-state index contributed by atoms with van der Waals surface area (Å²) in [6, 6.07) is 64.6. The largest absolute Gasteiger partial charge is 0.255 e. The highest BCUT2D eigenvalue weighted by molar-refractivity contribution is 5.78. The number of hydrogen-bond donors (Lipinski definition) is 0. The van der Waals surface area contributed by atoms with Crippen molar-refractivity contribution in [3.63, 3.8) is 0 Å². The van der Waals surface area contributed by atoms with Crippen LogP contribution in [0.1, 0.15) is 0 Å². The summed E-state index contributed by atoms with van der Waals surface area (Å²) in [6.45, 7) is 0. The third-order valence-corrected chi connectivity index (χ3v) is 10.1. The maximum atomic E-state index is 5.07. The Kier molecular flexibility index (Phi) is 9.75. The topological polar surface area (TPSA) is 103 Å². The molecule has 10 rings (SSSR count). The maximum Gasteiger partial charge on any atom is 0.165 e. The maximum absolute atomic E-state index is 5.07. The molecule has 282 valence electrons. The van der Waals surface area contributed by atoms with Crippen molar-refractivity contribution in [2.45, 2.75) is 0 Å². The number of aromatic nitrogens is 8. The monoisotopic (exact) mass is 770 g/mol. The van der Waals surface area contributed by atoms with Crippen LogP contribution in [0, 0.1) is 0 Å². The van der Waals surface area contributed by atoms with Gasteiger partial charge in [-0.05, 0) is 53.6 Å². The third kappa shape index (κ3) is 7.68. The van der Waals surface area contributed by atoms with Crippen LogP contribution in [0.4, 0.5) is 0 Å². The van der Waals surface area contributed by atoms with Crippen molar-refractivity contribution in [1.82, 2.24) is 39.9 Å². The molecule has 0 aliphatic rings. The quantitative estimate of drug-likeness (QED) is 0.143. The fraction of sp³-hybridized carbons (Fsp3) is 0. The molecule has 0 N–H and O–H groups in total. The second kappa shape index (κ2) is 16.2. The first-order valence-electron chi connectivity index (χ1n) is 19.6. The van der Waals surface area contributed by atoms with Crippen molar-refractivity contribution in [1.29, 1.82) is 0 Å². The minimum Gasteiger partial charge on any atom is -0.255 e. The highest BCUT2D eigenvalue weighted by atomic mass is 15.0.